The SMILES string of the molecule is O=C1CC(C(=O)NCC2Cc3ccccc32)CN1. The summed E-state index contributed by atoms with van der Waals surface area (Å²) in [7, 11) is 0. The second-order valence-electron chi connectivity index (χ2n) is 5.05. The summed E-state index contributed by atoms with van der Waals surface area (Å²) in [5.41, 5.74) is 2.73. The molecule has 1 heterocycles. The zero-order chi connectivity index (χ0) is 12.5. The number of amides is 2. The Morgan fingerprint density at radius 2 is 2.17 bits per heavy atom. The van der Waals surface area contributed by atoms with E-state index in [1.807, 2.05) is 12.1 Å². The van der Waals surface area contributed by atoms with E-state index in [0.717, 1.165) is 6.42 Å². The third-order valence-corrected chi connectivity index (χ3v) is 3.83. The maximum atomic E-state index is 11.8. The van der Waals surface area contributed by atoms with Gasteiger partial charge < -0.3 is 10.6 Å². The molecule has 2 amide bonds. The van der Waals surface area contributed by atoms with Gasteiger partial charge in [0.2, 0.25) is 11.8 Å². The Labute approximate surface area is 106 Å². The predicted molar refractivity (Wildman–Crippen MR) is 67.0 cm³/mol. The molecule has 1 aliphatic heterocycles. The van der Waals surface area contributed by atoms with Crippen LogP contribution in [0, 0.1) is 5.92 Å². The Morgan fingerprint density at radius 3 is 2.89 bits per heavy atom. The van der Waals surface area contributed by atoms with Crippen molar-refractivity contribution in [3.63, 3.8) is 0 Å². The van der Waals surface area contributed by atoms with Crippen LogP contribution < -0.4 is 10.6 Å². The average Bonchev–Trinajstić information content (AvgIpc) is 2.77. The number of hydrogen-bond donors (Lipinski definition) is 2. The lowest BCUT2D eigenvalue weighted by molar-refractivity contribution is -0.126. The zero-order valence-electron chi connectivity index (χ0n) is 10.1. The fourth-order valence-electron chi connectivity index (χ4n) is 2.70. The lowest BCUT2D eigenvalue weighted by Crippen LogP contribution is -2.37. The van der Waals surface area contributed by atoms with Gasteiger partial charge in [0, 0.05) is 25.4 Å². The molecular weight excluding hydrogens is 228 g/mol. The van der Waals surface area contributed by atoms with Crippen molar-refractivity contribution in [1.82, 2.24) is 10.6 Å². The van der Waals surface area contributed by atoms with E-state index in [1.165, 1.54) is 11.1 Å². The largest absolute Gasteiger partial charge is 0.355 e. The summed E-state index contributed by atoms with van der Waals surface area (Å²) < 4.78 is 0. The Hall–Kier alpha value is -1.84. The summed E-state index contributed by atoms with van der Waals surface area (Å²) in [6.07, 6.45) is 1.37. The van der Waals surface area contributed by atoms with Crippen molar-refractivity contribution >= 4 is 11.8 Å². The maximum Gasteiger partial charge on any atom is 0.225 e. The minimum absolute atomic E-state index is 0.00210. The molecule has 0 aromatic heterocycles. The van der Waals surface area contributed by atoms with Crippen LogP contribution in [0.25, 0.3) is 0 Å². The molecule has 4 heteroatoms. The summed E-state index contributed by atoms with van der Waals surface area (Å²) in [4.78, 5) is 22.9. The summed E-state index contributed by atoms with van der Waals surface area (Å²) in [5, 5.41) is 5.64. The smallest absolute Gasteiger partial charge is 0.225 e. The first-order chi connectivity index (χ1) is 8.74. The average molecular weight is 244 g/mol. The summed E-state index contributed by atoms with van der Waals surface area (Å²) >= 11 is 0. The van der Waals surface area contributed by atoms with E-state index >= 15 is 0 Å². The Kier molecular flexibility index (Phi) is 2.78. The molecule has 1 aromatic rings. The monoisotopic (exact) mass is 244 g/mol. The third kappa shape index (κ3) is 1.98. The van der Waals surface area contributed by atoms with Crippen LogP contribution in [0.15, 0.2) is 24.3 Å². The van der Waals surface area contributed by atoms with Gasteiger partial charge in [0.15, 0.2) is 0 Å². The van der Waals surface area contributed by atoms with Crippen LogP contribution in [0.1, 0.15) is 23.5 Å². The standard InChI is InChI=1S/C14H16N2O2/c17-13-6-11(8-15-13)14(18)16-7-10-5-9-3-1-2-4-12(9)10/h1-4,10-11H,5-8H2,(H,15,17)(H,16,18). The summed E-state index contributed by atoms with van der Waals surface area (Å²) in [6, 6.07) is 8.33. The van der Waals surface area contributed by atoms with Crippen molar-refractivity contribution in [1.29, 1.82) is 0 Å². The fraction of sp³-hybridized carbons (Fsp3) is 0.429. The van der Waals surface area contributed by atoms with E-state index in [2.05, 4.69) is 22.8 Å². The van der Waals surface area contributed by atoms with Gasteiger partial charge in [-0.1, -0.05) is 24.3 Å². The Morgan fingerprint density at radius 1 is 1.33 bits per heavy atom. The quantitative estimate of drug-likeness (QED) is 0.817. The van der Waals surface area contributed by atoms with Gasteiger partial charge in [-0.15, -0.1) is 0 Å². The highest BCUT2D eigenvalue weighted by atomic mass is 16.2. The molecule has 94 valence electrons. The van der Waals surface area contributed by atoms with Crippen LogP contribution >= 0.6 is 0 Å². The van der Waals surface area contributed by atoms with Crippen molar-refractivity contribution in [2.24, 2.45) is 5.92 Å². The molecule has 2 N–H and O–H groups in total. The van der Waals surface area contributed by atoms with Crippen LogP contribution in [0.2, 0.25) is 0 Å². The van der Waals surface area contributed by atoms with Gasteiger partial charge in [0.25, 0.3) is 0 Å². The number of fused-ring (bicyclic) bond motifs is 1. The summed E-state index contributed by atoms with van der Waals surface area (Å²) in [6.45, 7) is 1.16. The molecule has 0 saturated carbocycles. The predicted octanol–water partition coefficient (Wildman–Crippen LogP) is 0.579. The van der Waals surface area contributed by atoms with Crippen molar-refractivity contribution in [2.75, 3.05) is 13.1 Å². The van der Waals surface area contributed by atoms with Crippen LogP contribution in [0.5, 0.6) is 0 Å². The second kappa shape index (κ2) is 4.44. The molecule has 3 rings (SSSR count). The van der Waals surface area contributed by atoms with Crippen LogP contribution in [-0.4, -0.2) is 24.9 Å². The van der Waals surface area contributed by atoms with Gasteiger partial charge in [-0.3, -0.25) is 9.59 Å². The molecule has 2 unspecified atom stereocenters. The number of nitrogens with one attached hydrogen (secondary N) is 2. The molecule has 18 heavy (non-hydrogen) atoms. The highest BCUT2D eigenvalue weighted by molar-refractivity contribution is 5.89. The molecule has 4 nitrogen and oxygen atoms in total. The van der Waals surface area contributed by atoms with E-state index in [1.54, 1.807) is 0 Å². The molecule has 1 aliphatic carbocycles. The third-order valence-electron chi connectivity index (χ3n) is 3.83. The van der Waals surface area contributed by atoms with E-state index in [0.29, 0.717) is 25.4 Å². The topological polar surface area (TPSA) is 58.2 Å². The number of benzene rings is 1. The van der Waals surface area contributed by atoms with Crippen LogP contribution in [-0.2, 0) is 16.0 Å². The minimum Gasteiger partial charge on any atom is -0.355 e. The van der Waals surface area contributed by atoms with Crippen molar-refractivity contribution < 1.29 is 9.59 Å². The van der Waals surface area contributed by atoms with Gasteiger partial charge in [-0.05, 0) is 17.5 Å². The highest BCUT2D eigenvalue weighted by Gasteiger charge is 2.30. The molecule has 2 aliphatic rings. The van der Waals surface area contributed by atoms with Crippen LogP contribution in [0.3, 0.4) is 0 Å². The van der Waals surface area contributed by atoms with E-state index < -0.39 is 0 Å². The first kappa shape index (κ1) is 11.3. The van der Waals surface area contributed by atoms with Gasteiger partial charge in [0.05, 0.1) is 5.92 Å². The molecule has 1 aromatic carbocycles. The lowest BCUT2D eigenvalue weighted by atomic mass is 9.77. The Balaban J connectivity index is 1.51. The maximum absolute atomic E-state index is 11.8. The van der Waals surface area contributed by atoms with Gasteiger partial charge in [-0.25, -0.2) is 0 Å². The van der Waals surface area contributed by atoms with Crippen molar-refractivity contribution in [3.8, 4) is 0 Å². The summed E-state index contributed by atoms with van der Waals surface area (Å²) in [5.74, 6) is 0.227. The number of rotatable bonds is 3. The molecule has 1 fully saturated rings. The lowest BCUT2D eigenvalue weighted by Gasteiger charge is -2.30. The van der Waals surface area contributed by atoms with Gasteiger partial charge >= 0.3 is 0 Å². The number of carbonyl (C=O) groups is 2. The van der Waals surface area contributed by atoms with E-state index in [-0.39, 0.29) is 17.7 Å². The molecule has 0 bridgehead atoms. The number of hydrogen-bond acceptors (Lipinski definition) is 2. The van der Waals surface area contributed by atoms with Crippen LogP contribution in [0.4, 0.5) is 0 Å². The van der Waals surface area contributed by atoms with Crippen molar-refractivity contribution in [2.45, 2.75) is 18.8 Å². The minimum atomic E-state index is -0.187. The van der Waals surface area contributed by atoms with Gasteiger partial charge in [-0.2, -0.15) is 0 Å². The molecule has 1 saturated heterocycles. The zero-order valence-corrected chi connectivity index (χ0v) is 10.1. The van der Waals surface area contributed by atoms with E-state index in [4.69, 9.17) is 0 Å². The first-order valence-electron chi connectivity index (χ1n) is 6.36. The molecule has 2 atom stereocenters. The van der Waals surface area contributed by atoms with E-state index in [9.17, 15) is 9.59 Å². The first-order valence-corrected chi connectivity index (χ1v) is 6.36. The molecule has 0 spiro atoms. The fourth-order valence-corrected chi connectivity index (χ4v) is 2.70. The van der Waals surface area contributed by atoms with Gasteiger partial charge in [0.1, 0.15) is 0 Å². The van der Waals surface area contributed by atoms with Crippen molar-refractivity contribution in [3.05, 3.63) is 35.4 Å². The second-order valence-corrected chi connectivity index (χ2v) is 5.05. The highest BCUT2D eigenvalue weighted by Crippen LogP contribution is 2.34. The Bertz CT molecular complexity index is 498. The molecule has 0 radical (unpaired) electrons. The normalized spacial score (nSPS) is 25.0. The molecular formula is C14H16N2O2. The number of carbonyl (C=O) groups excluding carboxylic acids is 2.